The van der Waals surface area contributed by atoms with Gasteiger partial charge in [0.05, 0.1) is 71.2 Å². The lowest BCUT2D eigenvalue weighted by Crippen LogP contribution is -2.43. The van der Waals surface area contributed by atoms with Crippen LogP contribution in [0, 0.1) is 5.92 Å². The zero-order chi connectivity index (χ0) is 65.2. The third-order valence-electron chi connectivity index (χ3n) is 16.8. The molecule has 26 nitrogen and oxygen atoms in total. The second-order valence-corrected chi connectivity index (χ2v) is 24.1. The molecule has 0 radical (unpaired) electrons. The van der Waals surface area contributed by atoms with E-state index in [1.165, 1.54) is 0 Å². The first-order valence-electron chi connectivity index (χ1n) is 31.9. The van der Waals surface area contributed by atoms with Crippen LogP contribution in [0.15, 0.2) is 165 Å². The molecule has 3 fully saturated rings. The fraction of sp³-hybridized carbons (Fsp3) is 0.304. The summed E-state index contributed by atoms with van der Waals surface area (Å²) in [6.07, 6.45) is 24.5. The van der Waals surface area contributed by atoms with Gasteiger partial charge in [0, 0.05) is 183 Å². The molecule has 0 bridgehead atoms. The fourth-order valence-electron chi connectivity index (χ4n) is 11.7. The van der Waals surface area contributed by atoms with Gasteiger partial charge in [0.15, 0.2) is 17.5 Å². The molecule has 26 heteroatoms. The fourth-order valence-corrected chi connectivity index (χ4v) is 11.7. The Morgan fingerprint density at radius 1 is 0.453 bits per heavy atom. The number of rotatable bonds is 17. The van der Waals surface area contributed by atoms with E-state index in [2.05, 4.69) is 114 Å². The molecule has 7 N–H and O–H groups in total. The Kier molecular flexibility index (Phi) is 19.3. The third-order valence-corrected chi connectivity index (χ3v) is 16.8. The van der Waals surface area contributed by atoms with Gasteiger partial charge >= 0.3 is 0 Å². The molecule has 3 saturated heterocycles. The molecule has 9 aromatic heterocycles. The van der Waals surface area contributed by atoms with Gasteiger partial charge in [-0.1, -0.05) is 54.6 Å². The van der Waals surface area contributed by atoms with Gasteiger partial charge < -0.3 is 41.7 Å². The molecule has 12 heterocycles. The summed E-state index contributed by atoms with van der Waals surface area (Å²) in [5.41, 5.74) is 14.3. The van der Waals surface area contributed by atoms with Crippen LogP contribution >= 0.6 is 0 Å². The second-order valence-electron chi connectivity index (χ2n) is 24.1. The molecule has 0 spiro atoms. The zero-order valence-electron chi connectivity index (χ0n) is 54.1. The first-order valence-corrected chi connectivity index (χ1v) is 31.9. The number of ether oxygens (including phenoxy) is 1. The van der Waals surface area contributed by atoms with Crippen LogP contribution in [0.3, 0.4) is 0 Å². The van der Waals surface area contributed by atoms with E-state index in [-0.39, 0.29) is 18.1 Å². The Hall–Kier alpha value is -10.6. The molecular formula is C69H78N24O2. The van der Waals surface area contributed by atoms with Crippen molar-refractivity contribution >= 4 is 17.5 Å². The normalized spacial score (nSPS) is 17.0. The number of aliphatic hydroxyl groups is 1. The Morgan fingerprint density at radius 2 is 0.874 bits per heavy atom. The van der Waals surface area contributed by atoms with E-state index in [0.29, 0.717) is 43.1 Å². The predicted octanol–water partition coefficient (Wildman–Crippen LogP) is 7.39. The first kappa shape index (κ1) is 63.1. The van der Waals surface area contributed by atoms with Crippen LogP contribution in [-0.2, 0) is 47.0 Å². The summed E-state index contributed by atoms with van der Waals surface area (Å²) in [4.78, 5) is 28.7. The number of hydrogen-bond donors (Lipinski definition) is 7. The van der Waals surface area contributed by atoms with Gasteiger partial charge in [-0.25, -0.2) is 29.9 Å². The molecule has 15 rings (SSSR count). The van der Waals surface area contributed by atoms with Gasteiger partial charge in [-0.15, -0.1) is 0 Å². The molecule has 0 aliphatic carbocycles. The minimum atomic E-state index is -0.373. The van der Waals surface area contributed by atoms with Crippen molar-refractivity contribution in [3.8, 4) is 101 Å². The maximum Gasteiger partial charge on any atom is 0.161 e. The average molecular weight is 1280 g/mol. The molecule has 3 aliphatic rings. The summed E-state index contributed by atoms with van der Waals surface area (Å²) in [5, 5.41) is 57.3. The van der Waals surface area contributed by atoms with Crippen molar-refractivity contribution in [1.29, 1.82) is 0 Å². The molecule has 1 unspecified atom stereocenters. The SMILES string of the molecule is Cn1cc(-c2cccc(-c3ncc(-c4ccn(C)n4)c(NCC4CNCCO4)n3)c2)cn1.Cn1cc(-c2cccc(-c3ncc(-c4ccn(C)n4)c(NC[C@H]4CCNC[C@H]4O)n3)c2)cn1.Cn1cc(-c2cccc(-c3ncc(-c4ccn(C)n4)c(N[C@H]4CCNC4)n3)c2)cn1. The molecule has 4 atom stereocenters. The summed E-state index contributed by atoms with van der Waals surface area (Å²) in [6.45, 7) is 7.18. The number of aryl methyl sites for hydroxylation is 6. The van der Waals surface area contributed by atoms with Gasteiger partial charge in [-0.05, 0) is 79.0 Å². The number of morpholine rings is 1. The molecule has 95 heavy (non-hydrogen) atoms. The molecular weight excluding hydrogens is 1200 g/mol. The Bertz CT molecular complexity index is 4530. The minimum Gasteiger partial charge on any atom is -0.391 e. The number of aliphatic hydroxyl groups excluding tert-OH is 1. The monoisotopic (exact) mass is 1270 g/mol. The van der Waals surface area contributed by atoms with E-state index < -0.39 is 0 Å². The second kappa shape index (κ2) is 29.1. The van der Waals surface area contributed by atoms with Crippen molar-refractivity contribution < 1.29 is 9.84 Å². The average Bonchev–Trinajstić information content (AvgIpc) is 1.81. The van der Waals surface area contributed by atoms with E-state index in [0.717, 1.165) is 153 Å². The van der Waals surface area contributed by atoms with E-state index in [9.17, 15) is 5.11 Å². The predicted molar refractivity (Wildman–Crippen MR) is 367 cm³/mol. The van der Waals surface area contributed by atoms with Crippen molar-refractivity contribution in [2.75, 3.05) is 74.9 Å². The largest absolute Gasteiger partial charge is 0.391 e. The quantitative estimate of drug-likeness (QED) is 0.0468. The number of nitrogens with zero attached hydrogens (tertiary/aromatic N) is 18. The third kappa shape index (κ3) is 15.6. The first-order chi connectivity index (χ1) is 46.4. The van der Waals surface area contributed by atoms with Crippen LogP contribution < -0.4 is 31.9 Å². The maximum absolute atomic E-state index is 10.4. The van der Waals surface area contributed by atoms with Crippen molar-refractivity contribution in [3.63, 3.8) is 0 Å². The van der Waals surface area contributed by atoms with E-state index in [1.807, 2.05) is 171 Å². The lowest BCUT2D eigenvalue weighted by atomic mass is 9.95. The Morgan fingerprint density at radius 3 is 1.27 bits per heavy atom. The number of hydrogen-bond acceptors (Lipinski definition) is 20. The maximum atomic E-state index is 10.4. The van der Waals surface area contributed by atoms with Crippen LogP contribution in [0.5, 0.6) is 0 Å². The van der Waals surface area contributed by atoms with E-state index in [4.69, 9.17) is 19.7 Å². The van der Waals surface area contributed by atoms with Crippen molar-refractivity contribution in [1.82, 2.24) is 105 Å². The number of β-amino-alcohol motifs (C(OH)–C–C–N with tert-alkyl or cyclic N) is 1. The molecule has 486 valence electrons. The lowest BCUT2D eigenvalue weighted by Gasteiger charge is -2.28. The van der Waals surface area contributed by atoms with Crippen molar-refractivity contribution in [3.05, 3.63) is 165 Å². The van der Waals surface area contributed by atoms with Crippen LogP contribution in [0.4, 0.5) is 17.5 Å². The molecule has 0 amide bonds. The van der Waals surface area contributed by atoms with E-state index >= 15 is 0 Å². The summed E-state index contributed by atoms with van der Waals surface area (Å²) in [7, 11) is 11.4. The number of piperidine rings is 1. The number of anilines is 3. The number of benzene rings is 3. The summed E-state index contributed by atoms with van der Waals surface area (Å²) in [6, 6.07) is 30.8. The van der Waals surface area contributed by atoms with Gasteiger partial charge in [0.1, 0.15) is 17.5 Å². The summed E-state index contributed by atoms with van der Waals surface area (Å²) in [5.74, 6) is 4.42. The van der Waals surface area contributed by atoms with Crippen LogP contribution in [0.2, 0.25) is 0 Å². The highest BCUT2D eigenvalue weighted by Gasteiger charge is 2.25. The van der Waals surface area contributed by atoms with Gasteiger partial charge in [0.25, 0.3) is 0 Å². The van der Waals surface area contributed by atoms with E-state index in [1.54, 1.807) is 28.1 Å². The molecule has 3 aliphatic heterocycles. The Labute approximate surface area is 550 Å². The number of nitrogens with one attached hydrogen (secondary N) is 6. The molecule has 12 aromatic rings. The lowest BCUT2D eigenvalue weighted by molar-refractivity contribution is 0.0372. The zero-order valence-corrected chi connectivity index (χ0v) is 54.1. The minimum absolute atomic E-state index is 0.0904. The van der Waals surface area contributed by atoms with Crippen molar-refractivity contribution in [2.45, 2.75) is 31.1 Å². The summed E-state index contributed by atoms with van der Waals surface area (Å²) < 4.78 is 16.6. The highest BCUT2D eigenvalue weighted by atomic mass is 16.5. The highest BCUT2D eigenvalue weighted by Crippen LogP contribution is 2.34. The van der Waals surface area contributed by atoms with Gasteiger partial charge in [0.2, 0.25) is 0 Å². The molecule has 3 aromatic carbocycles. The van der Waals surface area contributed by atoms with Gasteiger partial charge in [-0.2, -0.15) is 30.6 Å². The molecule has 0 saturated carbocycles. The summed E-state index contributed by atoms with van der Waals surface area (Å²) >= 11 is 0. The highest BCUT2D eigenvalue weighted by molar-refractivity contribution is 5.79. The van der Waals surface area contributed by atoms with Crippen LogP contribution in [-0.4, -0.2) is 171 Å². The van der Waals surface area contributed by atoms with Crippen LogP contribution in [0.25, 0.3) is 101 Å². The van der Waals surface area contributed by atoms with Gasteiger partial charge in [-0.3, -0.25) is 28.1 Å². The Balaban J connectivity index is 0.000000129. The van der Waals surface area contributed by atoms with Crippen molar-refractivity contribution in [2.24, 2.45) is 48.2 Å². The van der Waals surface area contributed by atoms with Crippen LogP contribution in [0.1, 0.15) is 12.8 Å². The smallest absolute Gasteiger partial charge is 0.161 e. The topological polar surface area (TPSA) is 286 Å². The number of aromatic nitrogens is 18. The standard InChI is InChI=1S/C24H28N8O.C23H26N8O.C22H24N8/c1-31-9-7-21(30-31)20-13-27-23(29-24(20)26-11-18-6-8-25-14-22(18)33)17-5-3-4-16(10-17)19-12-28-32(2)15-19;1-30-8-6-21(29-30)20-14-26-22(28-23(20)25-13-19-12-24-7-9-32-19)17-5-3-4-16(10-17)18-11-27-31(2)15-18;1-29-9-7-20(28-29)19-13-24-21(27-22(19)26-18-6-8-23-12-18)16-5-3-4-15(10-16)17-11-25-30(2)14-17/h3-5,7,9-10,12-13,15,18,22,25,33H,6,8,11,14H2,1-2H3,(H,26,27,29);3-6,8,10-11,14-15,19,24H,7,9,12-13H2,1-2H3,(H,25,26,28);3-5,7,9-11,13-14,18,23H,6,8,12H2,1-2H3,(H,24,26,27)/t18-,22-;;18-/m1.0/s1.